The van der Waals surface area contributed by atoms with Crippen LogP contribution in [0.15, 0.2) is 53.4 Å². The molecular weight excluding hydrogens is 272 g/mol. The number of Topliss-reactive ketones (excluding diaryl/α,β-unsaturated/α-hetero) is 1. The fraction of sp³-hybridized carbons (Fsp3) is 0.188. The van der Waals surface area contributed by atoms with Gasteiger partial charge in [0.05, 0.1) is 6.61 Å². The minimum absolute atomic E-state index is 0.000992. The molecular formula is C16H16O3S. The van der Waals surface area contributed by atoms with Crippen molar-refractivity contribution in [2.75, 3.05) is 12.9 Å². The number of benzene rings is 2. The minimum atomic E-state index is -0.0520. The lowest BCUT2D eigenvalue weighted by molar-refractivity contribution is 0.0921. The van der Waals surface area contributed by atoms with Crippen LogP contribution in [-0.2, 0) is 6.61 Å². The molecule has 0 unspecified atom stereocenters. The number of aliphatic hydroxyl groups excluding tert-OH is 1. The molecule has 0 atom stereocenters. The topological polar surface area (TPSA) is 46.5 Å². The number of hydrogen-bond acceptors (Lipinski definition) is 4. The molecule has 20 heavy (non-hydrogen) atoms. The van der Waals surface area contributed by atoms with Gasteiger partial charge in [-0.05, 0) is 36.1 Å². The van der Waals surface area contributed by atoms with Gasteiger partial charge in [0.15, 0.2) is 12.4 Å². The number of ketones is 1. The molecule has 0 fully saturated rings. The molecule has 0 heterocycles. The lowest BCUT2D eigenvalue weighted by Gasteiger charge is -2.06. The van der Waals surface area contributed by atoms with E-state index >= 15 is 0 Å². The molecule has 1 N–H and O–H groups in total. The average Bonchev–Trinajstić information content (AvgIpc) is 2.53. The van der Waals surface area contributed by atoms with Gasteiger partial charge in [-0.25, -0.2) is 0 Å². The Balaban J connectivity index is 1.93. The van der Waals surface area contributed by atoms with E-state index < -0.39 is 0 Å². The molecule has 0 radical (unpaired) electrons. The lowest BCUT2D eigenvalue weighted by atomic mass is 10.1. The second kappa shape index (κ2) is 7.12. The van der Waals surface area contributed by atoms with Crippen LogP contribution in [0.1, 0.15) is 15.9 Å². The molecule has 0 aliphatic rings. The largest absolute Gasteiger partial charge is 0.485 e. The van der Waals surface area contributed by atoms with Gasteiger partial charge in [0, 0.05) is 10.5 Å². The smallest absolute Gasteiger partial charge is 0.200 e. The number of aliphatic hydroxyl groups is 1. The van der Waals surface area contributed by atoms with Crippen LogP contribution in [0.3, 0.4) is 0 Å². The highest BCUT2D eigenvalue weighted by Crippen LogP contribution is 2.16. The first-order valence-corrected chi connectivity index (χ1v) is 7.45. The highest BCUT2D eigenvalue weighted by atomic mass is 32.2. The van der Waals surface area contributed by atoms with Crippen molar-refractivity contribution in [2.45, 2.75) is 11.5 Å². The fourth-order valence-corrected chi connectivity index (χ4v) is 2.11. The lowest BCUT2D eigenvalue weighted by Crippen LogP contribution is -2.11. The minimum Gasteiger partial charge on any atom is -0.485 e. The molecule has 2 aromatic rings. The van der Waals surface area contributed by atoms with E-state index in [1.807, 2.05) is 30.5 Å². The zero-order valence-corrected chi connectivity index (χ0v) is 12.0. The van der Waals surface area contributed by atoms with E-state index in [0.29, 0.717) is 11.3 Å². The molecule has 0 bridgehead atoms. The molecule has 2 aromatic carbocycles. The van der Waals surface area contributed by atoms with Crippen molar-refractivity contribution in [3.05, 3.63) is 59.7 Å². The van der Waals surface area contributed by atoms with E-state index in [2.05, 4.69) is 0 Å². The monoisotopic (exact) mass is 288 g/mol. The Hall–Kier alpha value is -1.78. The molecule has 0 saturated carbocycles. The van der Waals surface area contributed by atoms with Crippen LogP contribution < -0.4 is 4.74 Å². The first-order chi connectivity index (χ1) is 9.72. The average molecular weight is 288 g/mol. The Bertz CT molecular complexity index is 561. The standard InChI is InChI=1S/C16H16O3S/c1-20-15-8-4-13(5-9-15)16(18)11-19-14-6-2-12(10-17)3-7-14/h2-9,17H,10-11H2,1H3. The molecule has 0 amide bonds. The molecule has 3 nitrogen and oxygen atoms in total. The predicted molar refractivity (Wildman–Crippen MR) is 80.4 cm³/mol. The first kappa shape index (κ1) is 14.6. The van der Waals surface area contributed by atoms with Crippen molar-refractivity contribution >= 4 is 17.5 Å². The molecule has 0 aliphatic heterocycles. The number of rotatable bonds is 6. The Morgan fingerprint density at radius 3 is 2.30 bits per heavy atom. The van der Waals surface area contributed by atoms with E-state index in [4.69, 9.17) is 9.84 Å². The van der Waals surface area contributed by atoms with Crippen LogP contribution in [0.2, 0.25) is 0 Å². The third kappa shape index (κ3) is 3.85. The molecule has 0 saturated heterocycles. The normalized spacial score (nSPS) is 10.3. The Morgan fingerprint density at radius 2 is 1.75 bits per heavy atom. The van der Waals surface area contributed by atoms with Gasteiger partial charge >= 0.3 is 0 Å². The molecule has 0 spiro atoms. The number of carbonyl (C=O) groups is 1. The summed E-state index contributed by atoms with van der Waals surface area (Å²) >= 11 is 1.64. The third-order valence-corrected chi connectivity index (χ3v) is 3.63. The van der Waals surface area contributed by atoms with Crippen LogP contribution in [0, 0.1) is 0 Å². The van der Waals surface area contributed by atoms with Crippen molar-refractivity contribution in [3.8, 4) is 5.75 Å². The van der Waals surface area contributed by atoms with Crippen LogP contribution in [0.5, 0.6) is 5.75 Å². The number of ether oxygens (including phenoxy) is 1. The van der Waals surface area contributed by atoms with Gasteiger partial charge in [-0.1, -0.05) is 24.3 Å². The highest BCUT2D eigenvalue weighted by Gasteiger charge is 2.06. The van der Waals surface area contributed by atoms with Crippen LogP contribution in [-0.4, -0.2) is 23.8 Å². The van der Waals surface area contributed by atoms with Gasteiger partial charge in [0.1, 0.15) is 5.75 Å². The van der Waals surface area contributed by atoms with E-state index in [0.717, 1.165) is 10.5 Å². The summed E-state index contributed by atoms with van der Waals surface area (Å²) in [6.07, 6.45) is 2.00. The van der Waals surface area contributed by atoms with Crippen molar-refractivity contribution < 1.29 is 14.6 Å². The summed E-state index contributed by atoms with van der Waals surface area (Å²) in [6, 6.07) is 14.5. The van der Waals surface area contributed by atoms with Gasteiger partial charge in [-0.15, -0.1) is 11.8 Å². The van der Waals surface area contributed by atoms with Gasteiger partial charge in [-0.2, -0.15) is 0 Å². The summed E-state index contributed by atoms with van der Waals surface area (Å²) in [5.74, 6) is 0.570. The van der Waals surface area contributed by atoms with Crippen molar-refractivity contribution in [3.63, 3.8) is 0 Å². The van der Waals surface area contributed by atoms with E-state index in [1.54, 1.807) is 36.0 Å². The highest BCUT2D eigenvalue weighted by molar-refractivity contribution is 7.98. The molecule has 2 rings (SSSR count). The number of thioether (sulfide) groups is 1. The van der Waals surface area contributed by atoms with Gasteiger partial charge in [-0.3, -0.25) is 4.79 Å². The van der Waals surface area contributed by atoms with Crippen LogP contribution in [0.25, 0.3) is 0 Å². The zero-order chi connectivity index (χ0) is 14.4. The second-order valence-electron chi connectivity index (χ2n) is 4.24. The van der Waals surface area contributed by atoms with Crippen LogP contribution in [0.4, 0.5) is 0 Å². The summed E-state index contributed by atoms with van der Waals surface area (Å²) in [4.78, 5) is 13.1. The van der Waals surface area contributed by atoms with E-state index in [-0.39, 0.29) is 19.0 Å². The summed E-state index contributed by atoms with van der Waals surface area (Å²) in [5.41, 5.74) is 1.46. The van der Waals surface area contributed by atoms with Crippen molar-refractivity contribution in [1.82, 2.24) is 0 Å². The summed E-state index contributed by atoms with van der Waals surface area (Å²) in [5, 5.41) is 8.94. The quantitative estimate of drug-likeness (QED) is 0.655. The summed E-state index contributed by atoms with van der Waals surface area (Å²) < 4.78 is 5.44. The SMILES string of the molecule is CSc1ccc(C(=O)COc2ccc(CO)cc2)cc1. The Kier molecular flexibility index (Phi) is 5.21. The molecule has 0 aliphatic carbocycles. The van der Waals surface area contributed by atoms with Gasteiger partial charge in [0.2, 0.25) is 0 Å². The number of carbonyl (C=O) groups excluding carboxylic acids is 1. The molecule has 0 aromatic heterocycles. The molecule has 4 heteroatoms. The molecule has 104 valence electrons. The summed E-state index contributed by atoms with van der Waals surface area (Å²) in [6.45, 7) is 0.0120. The van der Waals surface area contributed by atoms with Crippen LogP contribution >= 0.6 is 11.8 Å². The predicted octanol–water partition coefficient (Wildman–Crippen LogP) is 3.16. The van der Waals surface area contributed by atoms with E-state index in [1.165, 1.54) is 0 Å². The van der Waals surface area contributed by atoms with Gasteiger partial charge < -0.3 is 9.84 Å². The third-order valence-electron chi connectivity index (χ3n) is 2.89. The second-order valence-corrected chi connectivity index (χ2v) is 5.12. The maximum Gasteiger partial charge on any atom is 0.200 e. The van der Waals surface area contributed by atoms with E-state index in [9.17, 15) is 4.79 Å². The zero-order valence-electron chi connectivity index (χ0n) is 11.2. The van der Waals surface area contributed by atoms with Crippen molar-refractivity contribution in [1.29, 1.82) is 0 Å². The number of hydrogen-bond donors (Lipinski definition) is 1. The Morgan fingerprint density at radius 1 is 1.10 bits per heavy atom. The first-order valence-electron chi connectivity index (χ1n) is 6.23. The fourth-order valence-electron chi connectivity index (χ4n) is 1.70. The Labute approximate surface area is 122 Å². The summed E-state index contributed by atoms with van der Waals surface area (Å²) in [7, 11) is 0. The maximum absolute atomic E-state index is 12.0. The van der Waals surface area contributed by atoms with Gasteiger partial charge in [0.25, 0.3) is 0 Å². The van der Waals surface area contributed by atoms with Crippen molar-refractivity contribution in [2.24, 2.45) is 0 Å². The maximum atomic E-state index is 12.0.